The molecule has 0 unspecified atom stereocenters. The molecule has 0 aliphatic heterocycles. The first kappa shape index (κ1) is 15.5. The first-order chi connectivity index (χ1) is 8.91. The number of primary amides is 1. The highest BCUT2D eigenvalue weighted by atomic mass is 35.5. The Labute approximate surface area is 120 Å². The molecule has 0 aromatic heterocycles. The Morgan fingerprint density at radius 3 is 2.37 bits per heavy atom. The summed E-state index contributed by atoms with van der Waals surface area (Å²) >= 11 is 11.8. The van der Waals surface area contributed by atoms with Gasteiger partial charge < -0.3 is 11.1 Å². The van der Waals surface area contributed by atoms with Gasteiger partial charge in [-0.15, -0.1) is 0 Å². The number of unbranched alkanes of at least 4 members (excludes halogenated alkanes) is 1. The van der Waals surface area contributed by atoms with Crippen molar-refractivity contribution in [2.24, 2.45) is 5.73 Å². The van der Waals surface area contributed by atoms with Gasteiger partial charge in [-0.1, -0.05) is 23.2 Å². The third-order valence-electron chi connectivity index (χ3n) is 2.39. The molecule has 1 aromatic rings. The number of carbonyl (C=O) groups excluding carboxylic acids is 1. The standard InChI is InChI=1S/C11H13Cl2N3O3/c12-8-5-7(16(18)19)6-9(13)11(8)15-4-2-1-3-10(14)17/h5-6,15H,1-4H2,(H2,14,17). The van der Waals surface area contributed by atoms with Crippen LogP contribution in [0, 0.1) is 10.1 Å². The zero-order valence-electron chi connectivity index (χ0n) is 9.99. The van der Waals surface area contributed by atoms with Crippen molar-refractivity contribution in [3.8, 4) is 0 Å². The summed E-state index contributed by atoms with van der Waals surface area (Å²) < 4.78 is 0. The molecule has 0 spiro atoms. The number of halogens is 2. The summed E-state index contributed by atoms with van der Waals surface area (Å²) in [6, 6.07) is 2.47. The van der Waals surface area contributed by atoms with Crippen LogP contribution in [0.15, 0.2) is 12.1 Å². The van der Waals surface area contributed by atoms with E-state index in [0.29, 0.717) is 31.5 Å². The molecular formula is C11H13Cl2N3O3. The number of benzene rings is 1. The lowest BCUT2D eigenvalue weighted by molar-refractivity contribution is -0.384. The summed E-state index contributed by atoms with van der Waals surface area (Å²) in [6.07, 6.45) is 1.69. The number of anilines is 1. The van der Waals surface area contributed by atoms with Gasteiger partial charge in [0, 0.05) is 25.1 Å². The van der Waals surface area contributed by atoms with Crippen LogP contribution in [0.3, 0.4) is 0 Å². The molecule has 0 radical (unpaired) electrons. The van der Waals surface area contributed by atoms with Crippen molar-refractivity contribution in [3.05, 3.63) is 32.3 Å². The van der Waals surface area contributed by atoms with Gasteiger partial charge in [-0.2, -0.15) is 0 Å². The summed E-state index contributed by atoms with van der Waals surface area (Å²) in [7, 11) is 0. The minimum atomic E-state index is -0.561. The zero-order valence-corrected chi connectivity index (χ0v) is 11.5. The van der Waals surface area contributed by atoms with Gasteiger partial charge >= 0.3 is 0 Å². The number of non-ortho nitro benzene ring substituents is 1. The van der Waals surface area contributed by atoms with Crippen LogP contribution in [-0.4, -0.2) is 17.4 Å². The van der Waals surface area contributed by atoms with E-state index in [0.717, 1.165) is 0 Å². The highest BCUT2D eigenvalue weighted by molar-refractivity contribution is 6.39. The molecule has 19 heavy (non-hydrogen) atoms. The second-order valence-corrected chi connectivity index (χ2v) is 4.71. The van der Waals surface area contributed by atoms with Crippen molar-refractivity contribution < 1.29 is 9.72 Å². The maximum Gasteiger partial charge on any atom is 0.272 e. The molecule has 0 aliphatic rings. The molecule has 6 nitrogen and oxygen atoms in total. The summed E-state index contributed by atoms with van der Waals surface area (Å²) in [5, 5.41) is 14.0. The van der Waals surface area contributed by atoms with E-state index in [2.05, 4.69) is 5.32 Å². The van der Waals surface area contributed by atoms with Crippen molar-refractivity contribution in [3.63, 3.8) is 0 Å². The average molecular weight is 306 g/mol. The molecule has 0 atom stereocenters. The van der Waals surface area contributed by atoms with Crippen molar-refractivity contribution >= 4 is 40.5 Å². The molecule has 1 rings (SSSR count). The first-order valence-corrected chi connectivity index (χ1v) is 6.33. The van der Waals surface area contributed by atoms with E-state index in [-0.39, 0.29) is 21.6 Å². The molecule has 1 amide bonds. The number of nitrogens with one attached hydrogen (secondary N) is 1. The van der Waals surface area contributed by atoms with Crippen molar-refractivity contribution in [2.45, 2.75) is 19.3 Å². The predicted molar refractivity (Wildman–Crippen MR) is 74.7 cm³/mol. The minimum Gasteiger partial charge on any atom is -0.383 e. The molecule has 0 bridgehead atoms. The molecule has 1 aromatic carbocycles. The molecule has 104 valence electrons. The fraction of sp³-hybridized carbons (Fsp3) is 0.364. The van der Waals surface area contributed by atoms with Crippen LogP contribution in [0.25, 0.3) is 0 Å². The van der Waals surface area contributed by atoms with Gasteiger partial charge in [0.1, 0.15) is 0 Å². The number of hydrogen-bond acceptors (Lipinski definition) is 4. The lowest BCUT2D eigenvalue weighted by atomic mass is 10.2. The first-order valence-electron chi connectivity index (χ1n) is 5.57. The molecule has 8 heteroatoms. The maximum atomic E-state index is 10.6. The molecule has 0 fully saturated rings. The summed E-state index contributed by atoms with van der Waals surface area (Å²) in [6.45, 7) is 0.546. The third-order valence-corrected chi connectivity index (χ3v) is 2.99. The Hall–Kier alpha value is -1.53. The Kier molecular flexibility index (Phi) is 5.85. The number of nitro benzene ring substituents is 1. The monoisotopic (exact) mass is 305 g/mol. The van der Waals surface area contributed by atoms with Crippen LogP contribution in [0.2, 0.25) is 10.0 Å². The van der Waals surface area contributed by atoms with E-state index in [1.165, 1.54) is 12.1 Å². The molecule has 0 aliphatic carbocycles. The fourth-order valence-corrected chi connectivity index (χ4v) is 2.08. The van der Waals surface area contributed by atoms with Crippen LogP contribution in [-0.2, 0) is 4.79 Å². The quantitative estimate of drug-likeness (QED) is 0.459. The number of nitro groups is 1. The van der Waals surface area contributed by atoms with E-state index < -0.39 is 4.92 Å². The van der Waals surface area contributed by atoms with Gasteiger partial charge in [-0.25, -0.2) is 0 Å². The molecular weight excluding hydrogens is 293 g/mol. The van der Waals surface area contributed by atoms with Crippen LogP contribution in [0.4, 0.5) is 11.4 Å². The maximum absolute atomic E-state index is 10.6. The second-order valence-electron chi connectivity index (χ2n) is 3.89. The second kappa shape index (κ2) is 7.16. The van der Waals surface area contributed by atoms with Crippen molar-refractivity contribution in [1.29, 1.82) is 0 Å². The smallest absolute Gasteiger partial charge is 0.272 e. The van der Waals surface area contributed by atoms with E-state index in [1.54, 1.807) is 0 Å². The molecule has 0 saturated heterocycles. The highest BCUT2D eigenvalue weighted by Gasteiger charge is 2.14. The van der Waals surface area contributed by atoms with Gasteiger partial charge in [0.25, 0.3) is 5.69 Å². The third kappa shape index (κ3) is 4.92. The molecule has 3 N–H and O–H groups in total. The largest absolute Gasteiger partial charge is 0.383 e. The van der Waals surface area contributed by atoms with E-state index in [1.807, 2.05) is 0 Å². The predicted octanol–water partition coefficient (Wildman–Crippen LogP) is 2.97. The Balaban J connectivity index is 2.59. The Morgan fingerprint density at radius 2 is 1.89 bits per heavy atom. The Morgan fingerprint density at radius 1 is 1.32 bits per heavy atom. The van der Waals surface area contributed by atoms with Crippen LogP contribution < -0.4 is 11.1 Å². The summed E-state index contributed by atoms with van der Waals surface area (Å²) in [5.41, 5.74) is 5.31. The number of rotatable bonds is 7. The molecule has 0 saturated carbocycles. The van der Waals surface area contributed by atoms with E-state index in [4.69, 9.17) is 28.9 Å². The molecule has 0 heterocycles. The lowest BCUT2D eigenvalue weighted by Crippen LogP contribution is -2.11. The number of nitrogens with zero attached hydrogens (tertiary/aromatic N) is 1. The van der Waals surface area contributed by atoms with Crippen LogP contribution in [0.5, 0.6) is 0 Å². The summed E-state index contributed by atoms with van der Waals surface area (Å²) in [4.78, 5) is 20.6. The highest BCUT2D eigenvalue weighted by Crippen LogP contribution is 2.34. The van der Waals surface area contributed by atoms with Gasteiger partial charge in [-0.05, 0) is 12.8 Å². The van der Waals surface area contributed by atoms with Gasteiger partial charge in [0.05, 0.1) is 20.7 Å². The average Bonchev–Trinajstić information content (AvgIpc) is 2.30. The lowest BCUT2D eigenvalue weighted by Gasteiger charge is -2.10. The van der Waals surface area contributed by atoms with Gasteiger partial charge in [-0.3, -0.25) is 14.9 Å². The van der Waals surface area contributed by atoms with Gasteiger partial charge in [0.15, 0.2) is 0 Å². The number of carbonyl (C=O) groups is 1. The zero-order chi connectivity index (χ0) is 14.4. The Bertz CT molecular complexity index is 471. The van der Waals surface area contributed by atoms with Crippen molar-refractivity contribution in [2.75, 3.05) is 11.9 Å². The fourth-order valence-electron chi connectivity index (χ4n) is 1.47. The van der Waals surface area contributed by atoms with Crippen LogP contribution in [0.1, 0.15) is 19.3 Å². The number of amides is 1. The SMILES string of the molecule is NC(=O)CCCCNc1c(Cl)cc([N+](=O)[O-])cc1Cl. The number of nitrogens with two attached hydrogens (primary N) is 1. The number of hydrogen-bond donors (Lipinski definition) is 2. The van der Waals surface area contributed by atoms with Crippen molar-refractivity contribution in [1.82, 2.24) is 0 Å². The normalized spacial score (nSPS) is 10.2. The van der Waals surface area contributed by atoms with E-state index in [9.17, 15) is 14.9 Å². The minimum absolute atomic E-state index is 0.158. The summed E-state index contributed by atoms with van der Waals surface area (Å²) in [5.74, 6) is -0.341. The topological polar surface area (TPSA) is 98.3 Å². The van der Waals surface area contributed by atoms with Crippen LogP contribution >= 0.6 is 23.2 Å². The van der Waals surface area contributed by atoms with Gasteiger partial charge in [0.2, 0.25) is 5.91 Å². The van der Waals surface area contributed by atoms with E-state index >= 15 is 0 Å².